The van der Waals surface area contributed by atoms with E-state index in [-0.39, 0.29) is 11.7 Å². The molecule has 0 fully saturated rings. The Morgan fingerprint density at radius 3 is 2.25 bits per heavy atom. The number of hydrogen-bond donors (Lipinski definition) is 0. The van der Waals surface area contributed by atoms with Crippen molar-refractivity contribution in [2.45, 2.75) is 27.7 Å². The normalized spacial score (nSPS) is 13.2. The number of hydrogen-bond acceptors (Lipinski definition) is 1. The molecule has 0 saturated carbocycles. The van der Waals surface area contributed by atoms with Crippen LogP contribution in [0.3, 0.4) is 0 Å². The van der Waals surface area contributed by atoms with E-state index < -0.39 is 5.41 Å². The minimum Gasteiger partial charge on any atom is -0.294 e. The van der Waals surface area contributed by atoms with E-state index in [0.717, 1.165) is 5.56 Å². The quantitative estimate of drug-likeness (QED) is 0.548. The van der Waals surface area contributed by atoms with E-state index >= 15 is 0 Å². The summed E-state index contributed by atoms with van der Waals surface area (Å²) >= 11 is 0. The molecule has 0 spiro atoms. The van der Waals surface area contributed by atoms with Gasteiger partial charge in [0.15, 0.2) is 5.78 Å². The third kappa shape index (κ3) is 2.41. The molecule has 0 bridgehead atoms. The molecule has 0 aliphatic carbocycles. The van der Waals surface area contributed by atoms with Crippen molar-refractivity contribution in [3.63, 3.8) is 0 Å². The number of aryl methyl sites for hydroxylation is 1. The summed E-state index contributed by atoms with van der Waals surface area (Å²) in [6.45, 7) is 11.8. The average Bonchev–Trinajstić information content (AvgIpc) is 2.28. The lowest BCUT2D eigenvalue weighted by atomic mass is 9.74. The van der Waals surface area contributed by atoms with Crippen LogP contribution in [0.15, 0.2) is 36.9 Å². The zero-order chi connectivity index (χ0) is 12.3. The first-order chi connectivity index (χ1) is 7.39. The van der Waals surface area contributed by atoms with E-state index in [9.17, 15) is 4.79 Å². The lowest BCUT2D eigenvalue weighted by Gasteiger charge is -2.28. The maximum atomic E-state index is 12.3. The van der Waals surface area contributed by atoms with E-state index in [4.69, 9.17) is 0 Å². The minimum absolute atomic E-state index is 0.168. The SMILES string of the molecule is C=CC(C)C(C)(C)C(=O)c1ccc(C)cc1. The second kappa shape index (κ2) is 4.65. The smallest absolute Gasteiger partial charge is 0.169 e. The number of carbonyl (C=O) groups is 1. The number of allylic oxidation sites excluding steroid dienone is 1. The molecule has 0 aliphatic heterocycles. The van der Waals surface area contributed by atoms with Crippen LogP contribution in [0.2, 0.25) is 0 Å². The van der Waals surface area contributed by atoms with Crippen molar-refractivity contribution in [1.82, 2.24) is 0 Å². The zero-order valence-corrected chi connectivity index (χ0v) is 10.6. The van der Waals surface area contributed by atoms with Crippen LogP contribution < -0.4 is 0 Å². The number of rotatable bonds is 4. The third-order valence-corrected chi connectivity index (χ3v) is 3.39. The summed E-state index contributed by atoms with van der Waals surface area (Å²) in [5.74, 6) is 0.348. The second-order valence-corrected chi connectivity index (χ2v) is 4.94. The fraction of sp³-hybridized carbons (Fsp3) is 0.400. The Hall–Kier alpha value is -1.37. The molecule has 1 nitrogen and oxygen atoms in total. The van der Waals surface area contributed by atoms with Gasteiger partial charge in [0.2, 0.25) is 0 Å². The van der Waals surface area contributed by atoms with Gasteiger partial charge in [-0.05, 0) is 12.8 Å². The van der Waals surface area contributed by atoms with Gasteiger partial charge >= 0.3 is 0 Å². The number of ketones is 1. The lowest BCUT2D eigenvalue weighted by Crippen LogP contribution is -2.30. The van der Waals surface area contributed by atoms with Gasteiger partial charge in [0.25, 0.3) is 0 Å². The number of benzene rings is 1. The first-order valence-electron chi connectivity index (χ1n) is 5.63. The molecule has 0 amide bonds. The zero-order valence-electron chi connectivity index (χ0n) is 10.6. The van der Waals surface area contributed by atoms with Gasteiger partial charge in [-0.2, -0.15) is 0 Å². The van der Waals surface area contributed by atoms with Gasteiger partial charge in [-0.15, -0.1) is 6.58 Å². The van der Waals surface area contributed by atoms with Crippen LogP contribution in [0.1, 0.15) is 36.7 Å². The Labute approximate surface area is 98.2 Å². The molecular weight excluding hydrogens is 196 g/mol. The predicted octanol–water partition coefficient (Wildman–Crippen LogP) is 4.03. The molecule has 1 atom stereocenters. The van der Waals surface area contributed by atoms with E-state index in [1.807, 2.05) is 58.0 Å². The van der Waals surface area contributed by atoms with Crippen LogP contribution in [-0.4, -0.2) is 5.78 Å². The highest BCUT2D eigenvalue weighted by atomic mass is 16.1. The van der Waals surface area contributed by atoms with Gasteiger partial charge in [0.1, 0.15) is 0 Å². The van der Waals surface area contributed by atoms with Crippen molar-refractivity contribution in [2.24, 2.45) is 11.3 Å². The fourth-order valence-electron chi connectivity index (χ4n) is 1.58. The first kappa shape index (κ1) is 12.7. The van der Waals surface area contributed by atoms with Gasteiger partial charge in [-0.1, -0.05) is 56.7 Å². The van der Waals surface area contributed by atoms with E-state index in [0.29, 0.717) is 0 Å². The average molecular weight is 216 g/mol. The Bertz CT molecular complexity index is 384. The third-order valence-electron chi connectivity index (χ3n) is 3.39. The monoisotopic (exact) mass is 216 g/mol. The van der Waals surface area contributed by atoms with Gasteiger partial charge in [0, 0.05) is 11.0 Å². The molecule has 0 radical (unpaired) electrons. The van der Waals surface area contributed by atoms with Crippen LogP contribution in [0, 0.1) is 18.3 Å². The molecule has 16 heavy (non-hydrogen) atoms. The van der Waals surface area contributed by atoms with Crippen LogP contribution in [0.25, 0.3) is 0 Å². The van der Waals surface area contributed by atoms with Gasteiger partial charge in [-0.25, -0.2) is 0 Å². The summed E-state index contributed by atoms with van der Waals surface area (Å²) in [5.41, 5.74) is 1.56. The molecular formula is C15H20O. The molecule has 1 unspecified atom stereocenters. The molecule has 1 aromatic rings. The van der Waals surface area contributed by atoms with Crippen LogP contribution >= 0.6 is 0 Å². The van der Waals surface area contributed by atoms with Crippen molar-refractivity contribution in [1.29, 1.82) is 0 Å². The van der Waals surface area contributed by atoms with Crippen molar-refractivity contribution < 1.29 is 4.79 Å². The van der Waals surface area contributed by atoms with Gasteiger partial charge in [0.05, 0.1) is 0 Å². The van der Waals surface area contributed by atoms with Gasteiger partial charge in [-0.3, -0.25) is 4.79 Å². The van der Waals surface area contributed by atoms with Crippen molar-refractivity contribution >= 4 is 5.78 Å². The topological polar surface area (TPSA) is 17.1 Å². The molecule has 0 heterocycles. The molecule has 86 valence electrons. The van der Waals surface area contributed by atoms with Gasteiger partial charge < -0.3 is 0 Å². The summed E-state index contributed by atoms with van der Waals surface area (Å²) in [6.07, 6.45) is 1.84. The summed E-state index contributed by atoms with van der Waals surface area (Å²) in [4.78, 5) is 12.3. The summed E-state index contributed by atoms with van der Waals surface area (Å²) in [5, 5.41) is 0. The van der Waals surface area contributed by atoms with Crippen molar-refractivity contribution in [3.8, 4) is 0 Å². The highest BCUT2D eigenvalue weighted by molar-refractivity contribution is 6.00. The minimum atomic E-state index is -0.392. The van der Waals surface area contributed by atoms with Crippen LogP contribution in [0.4, 0.5) is 0 Å². The maximum Gasteiger partial charge on any atom is 0.169 e. The molecule has 1 aromatic carbocycles. The first-order valence-corrected chi connectivity index (χ1v) is 5.63. The number of carbonyl (C=O) groups excluding carboxylic acids is 1. The molecule has 0 aliphatic rings. The van der Waals surface area contributed by atoms with Crippen molar-refractivity contribution in [2.75, 3.05) is 0 Å². The van der Waals surface area contributed by atoms with E-state index in [1.165, 1.54) is 5.56 Å². The van der Waals surface area contributed by atoms with Crippen LogP contribution in [0.5, 0.6) is 0 Å². The summed E-state index contributed by atoms with van der Waals surface area (Å²) < 4.78 is 0. The molecule has 0 N–H and O–H groups in total. The van der Waals surface area contributed by atoms with E-state index in [1.54, 1.807) is 0 Å². The lowest BCUT2D eigenvalue weighted by molar-refractivity contribution is 0.0791. The highest BCUT2D eigenvalue weighted by Gasteiger charge is 2.32. The fourth-order valence-corrected chi connectivity index (χ4v) is 1.58. The summed E-state index contributed by atoms with van der Waals surface area (Å²) in [7, 11) is 0. The molecule has 1 heteroatoms. The number of Topliss-reactive ketones (excluding diaryl/α,β-unsaturated/α-hetero) is 1. The second-order valence-electron chi connectivity index (χ2n) is 4.94. The Kier molecular flexibility index (Phi) is 3.69. The molecule has 1 rings (SSSR count). The van der Waals surface area contributed by atoms with Crippen LogP contribution in [-0.2, 0) is 0 Å². The Morgan fingerprint density at radius 1 is 1.31 bits per heavy atom. The van der Waals surface area contributed by atoms with Crippen molar-refractivity contribution in [3.05, 3.63) is 48.0 Å². The highest BCUT2D eigenvalue weighted by Crippen LogP contribution is 2.31. The molecule has 0 saturated heterocycles. The Balaban J connectivity index is 3.02. The van der Waals surface area contributed by atoms with E-state index in [2.05, 4.69) is 6.58 Å². The Morgan fingerprint density at radius 2 is 1.81 bits per heavy atom. The predicted molar refractivity (Wildman–Crippen MR) is 68.7 cm³/mol. The largest absolute Gasteiger partial charge is 0.294 e. The summed E-state index contributed by atoms with van der Waals surface area (Å²) in [6, 6.07) is 7.74. The maximum absolute atomic E-state index is 12.3. The standard InChI is InChI=1S/C15H20O/c1-6-12(3)15(4,5)14(16)13-9-7-11(2)8-10-13/h6-10,12H,1H2,2-5H3. The molecule has 0 aromatic heterocycles.